The van der Waals surface area contributed by atoms with E-state index in [0.717, 1.165) is 11.3 Å². The van der Waals surface area contributed by atoms with Gasteiger partial charge in [-0.3, -0.25) is 4.99 Å². The Bertz CT molecular complexity index is 536. The molecule has 0 aliphatic carbocycles. The molecular weight excluding hydrogens is 353 g/mol. The molecule has 0 atom stereocenters. The summed E-state index contributed by atoms with van der Waals surface area (Å²) in [7, 11) is 1.63. The van der Waals surface area contributed by atoms with Crippen LogP contribution >= 0.6 is 35.6 Å². The average molecular weight is 366 g/mol. The van der Waals surface area contributed by atoms with E-state index in [9.17, 15) is 0 Å². The molecule has 2 rings (SSSR count). The third-order valence-corrected chi connectivity index (χ3v) is 2.38. The standard InChI is InChI=1S/C10H12ClN5.HI/c1-13-10(12)14-4-8-6-16-5-7(11)2-3-9(16)15-8;/h2-3,5-6H,4H2,1H3,(H3,12,13,14);1H. The molecule has 5 nitrogen and oxygen atoms in total. The number of nitrogens with one attached hydrogen (secondary N) is 1. The minimum absolute atomic E-state index is 0. The number of nitrogens with two attached hydrogens (primary N) is 1. The molecule has 0 amide bonds. The second kappa shape index (κ2) is 6.06. The molecule has 3 N–H and O–H groups in total. The maximum atomic E-state index is 5.87. The van der Waals surface area contributed by atoms with Crippen LogP contribution in [0.5, 0.6) is 0 Å². The van der Waals surface area contributed by atoms with Crippen molar-refractivity contribution >= 4 is 47.2 Å². The van der Waals surface area contributed by atoms with Crippen LogP contribution in [-0.2, 0) is 6.54 Å². The highest BCUT2D eigenvalue weighted by Gasteiger charge is 2.01. The highest BCUT2D eigenvalue weighted by Crippen LogP contribution is 2.11. The second-order valence-electron chi connectivity index (χ2n) is 3.31. The van der Waals surface area contributed by atoms with E-state index in [-0.39, 0.29) is 24.0 Å². The first-order chi connectivity index (χ1) is 7.69. The Labute approximate surface area is 121 Å². The quantitative estimate of drug-likeness (QED) is 0.483. The molecule has 0 aliphatic heterocycles. The Balaban J connectivity index is 0.00000144. The van der Waals surface area contributed by atoms with Gasteiger partial charge in [-0.1, -0.05) is 11.6 Å². The average Bonchev–Trinajstić information content (AvgIpc) is 2.67. The molecular formula is C10H13ClIN5. The molecule has 0 aromatic carbocycles. The maximum Gasteiger partial charge on any atom is 0.188 e. The fourth-order valence-electron chi connectivity index (χ4n) is 1.36. The van der Waals surface area contributed by atoms with E-state index in [4.69, 9.17) is 17.3 Å². The SMILES string of the molecule is CN=C(N)NCc1cn2cc(Cl)ccc2n1.I. The van der Waals surface area contributed by atoms with Crippen LogP contribution in [0.2, 0.25) is 5.02 Å². The van der Waals surface area contributed by atoms with Crippen LogP contribution in [-0.4, -0.2) is 22.4 Å². The largest absolute Gasteiger partial charge is 0.370 e. The first-order valence-electron chi connectivity index (χ1n) is 4.78. The van der Waals surface area contributed by atoms with Crippen molar-refractivity contribution in [2.24, 2.45) is 10.7 Å². The zero-order valence-corrected chi connectivity index (χ0v) is 12.3. The summed E-state index contributed by atoms with van der Waals surface area (Å²) in [6.07, 6.45) is 3.71. The van der Waals surface area contributed by atoms with E-state index in [1.165, 1.54) is 0 Å². The third-order valence-electron chi connectivity index (χ3n) is 2.16. The molecule has 0 fully saturated rings. The number of guanidine groups is 1. The van der Waals surface area contributed by atoms with Crippen molar-refractivity contribution in [1.29, 1.82) is 0 Å². The molecule has 2 heterocycles. The van der Waals surface area contributed by atoms with Gasteiger partial charge in [0, 0.05) is 19.4 Å². The monoisotopic (exact) mass is 365 g/mol. The zero-order valence-electron chi connectivity index (χ0n) is 9.22. The van der Waals surface area contributed by atoms with Gasteiger partial charge < -0.3 is 15.5 Å². The highest BCUT2D eigenvalue weighted by atomic mass is 127. The number of aliphatic imine (C=N–C) groups is 1. The molecule has 0 unspecified atom stereocenters. The van der Waals surface area contributed by atoms with Crippen molar-refractivity contribution in [2.45, 2.75) is 6.54 Å². The minimum atomic E-state index is 0. The van der Waals surface area contributed by atoms with Gasteiger partial charge in [-0.05, 0) is 12.1 Å². The van der Waals surface area contributed by atoms with Crippen molar-refractivity contribution in [2.75, 3.05) is 7.05 Å². The summed E-state index contributed by atoms with van der Waals surface area (Å²) >= 11 is 5.87. The highest BCUT2D eigenvalue weighted by molar-refractivity contribution is 14.0. The topological polar surface area (TPSA) is 67.7 Å². The summed E-state index contributed by atoms with van der Waals surface area (Å²) in [5.74, 6) is 0.398. The molecule has 0 aliphatic rings. The zero-order chi connectivity index (χ0) is 11.5. The number of aromatic nitrogens is 2. The fraction of sp³-hybridized carbons (Fsp3) is 0.200. The van der Waals surface area contributed by atoms with E-state index < -0.39 is 0 Å². The third kappa shape index (κ3) is 3.47. The van der Waals surface area contributed by atoms with Crippen molar-refractivity contribution < 1.29 is 0 Å². The fourth-order valence-corrected chi connectivity index (χ4v) is 1.53. The number of hydrogen-bond donors (Lipinski definition) is 2. The molecule has 92 valence electrons. The van der Waals surface area contributed by atoms with Crippen molar-refractivity contribution in [1.82, 2.24) is 14.7 Å². The van der Waals surface area contributed by atoms with Gasteiger partial charge in [-0.2, -0.15) is 0 Å². The van der Waals surface area contributed by atoms with E-state index in [1.807, 2.05) is 28.9 Å². The number of hydrogen-bond acceptors (Lipinski definition) is 2. The molecule has 0 bridgehead atoms. The lowest BCUT2D eigenvalue weighted by molar-refractivity contribution is 0.873. The number of pyridine rings is 1. The minimum Gasteiger partial charge on any atom is -0.370 e. The molecule has 2 aromatic rings. The van der Waals surface area contributed by atoms with Crippen molar-refractivity contribution in [3.63, 3.8) is 0 Å². The van der Waals surface area contributed by atoms with E-state index >= 15 is 0 Å². The predicted molar refractivity (Wildman–Crippen MR) is 80.0 cm³/mol. The van der Waals surface area contributed by atoms with Gasteiger partial charge >= 0.3 is 0 Å². The second-order valence-corrected chi connectivity index (χ2v) is 3.74. The lowest BCUT2D eigenvalue weighted by Crippen LogP contribution is -2.30. The van der Waals surface area contributed by atoms with Crippen LogP contribution < -0.4 is 11.1 Å². The Kier molecular flexibility index (Phi) is 5.01. The predicted octanol–water partition coefficient (Wildman–Crippen LogP) is 1.64. The normalized spacial score (nSPS) is 11.3. The van der Waals surface area contributed by atoms with Gasteiger partial charge in [0.15, 0.2) is 5.96 Å². The molecule has 0 saturated heterocycles. The molecule has 0 saturated carbocycles. The van der Waals surface area contributed by atoms with E-state index in [0.29, 0.717) is 17.5 Å². The molecule has 2 aromatic heterocycles. The number of rotatable bonds is 2. The molecule has 0 spiro atoms. The van der Waals surface area contributed by atoms with Gasteiger partial charge in [0.2, 0.25) is 0 Å². The van der Waals surface area contributed by atoms with Crippen molar-refractivity contribution in [3.05, 3.63) is 35.2 Å². The first-order valence-corrected chi connectivity index (χ1v) is 5.16. The number of nitrogens with zero attached hydrogens (tertiary/aromatic N) is 3. The summed E-state index contributed by atoms with van der Waals surface area (Å²) in [5, 5.41) is 3.62. The Morgan fingerprint density at radius 3 is 3.00 bits per heavy atom. The van der Waals surface area contributed by atoms with Gasteiger partial charge in [0.25, 0.3) is 0 Å². The van der Waals surface area contributed by atoms with E-state index in [1.54, 1.807) is 7.05 Å². The summed E-state index contributed by atoms with van der Waals surface area (Å²) in [6, 6.07) is 3.67. The van der Waals surface area contributed by atoms with Crippen LogP contribution in [0.3, 0.4) is 0 Å². The maximum absolute atomic E-state index is 5.87. The molecule has 0 radical (unpaired) electrons. The summed E-state index contributed by atoms with van der Waals surface area (Å²) in [5.41, 5.74) is 7.26. The van der Waals surface area contributed by atoms with Crippen molar-refractivity contribution in [3.8, 4) is 0 Å². The molecule has 17 heavy (non-hydrogen) atoms. The summed E-state index contributed by atoms with van der Waals surface area (Å²) in [6.45, 7) is 0.544. The van der Waals surface area contributed by atoms with Crippen LogP contribution in [0.15, 0.2) is 29.5 Å². The van der Waals surface area contributed by atoms with Gasteiger partial charge in [-0.25, -0.2) is 4.98 Å². The van der Waals surface area contributed by atoms with Gasteiger partial charge in [-0.15, -0.1) is 24.0 Å². The number of halogens is 2. The smallest absolute Gasteiger partial charge is 0.188 e. The van der Waals surface area contributed by atoms with Crippen LogP contribution in [0.4, 0.5) is 0 Å². The molecule has 7 heteroatoms. The Morgan fingerprint density at radius 2 is 2.29 bits per heavy atom. The number of imidazole rings is 1. The van der Waals surface area contributed by atoms with Crippen LogP contribution in [0, 0.1) is 0 Å². The van der Waals surface area contributed by atoms with Crippen LogP contribution in [0.25, 0.3) is 5.65 Å². The number of fused-ring (bicyclic) bond motifs is 1. The lowest BCUT2D eigenvalue weighted by atomic mass is 10.5. The summed E-state index contributed by atoms with van der Waals surface area (Å²) in [4.78, 5) is 8.19. The van der Waals surface area contributed by atoms with Gasteiger partial charge in [0.05, 0.1) is 17.3 Å². The first kappa shape index (κ1) is 14.0. The van der Waals surface area contributed by atoms with E-state index in [2.05, 4.69) is 15.3 Å². The lowest BCUT2D eigenvalue weighted by Gasteiger charge is -2.00. The van der Waals surface area contributed by atoms with Crippen LogP contribution in [0.1, 0.15) is 5.69 Å². The Hall–Kier alpha value is -1.02. The Morgan fingerprint density at radius 1 is 1.53 bits per heavy atom. The van der Waals surface area contributed by atoms with Gasteiger partial charge in [0.1, 0.15) is 5.65 Å². The summed E-state index contributed by atoms with van der Waals surface area (Å²) < 4.78 is 1.87.